The molecule has 3 nitrogen and oxygen atoms in total. The van der Waals surface area contributed by atoms with Gasteiger partial charge in [-0.05, 0) is 49.4 Å². The SMILES string of the molecule is COC1(C(Cc2cc(Br)ccc2F)NN)CCC1. The highest BCUT2D eigenvalue weighted by Gasteiger charge is 2.44. The van der Waals surface area contributed by atoms with Crippen molar-refractivity contribution in [2.75, 3.05) is 7.11 Å². The van der Waals surface area contributed by atoms with Crippen molar-refractivity contribution in [3.63, 3.8) is 0 Å². The minimum atomic E-state index is -0.247. The summed E-state index contributed by atoms with van der Waals surface area (Å²) in [5, 5.41) is 0. The van der Waals surface area contributed by atoms with E-state index in [-0.39, 0.29) is 17.5 Å². The maximum Gasteiger partial charge on any atom is 0.126 e. The van der Waals surface area contributed by atoms with Gasteiger partial charge in [0.1, 0.15) is 5.82 Å². The summed E-state index contributed by atoms with van der Waals surface area (Å²) in [4.78, 5) is 0. The number of hydrazine groups is 1. The van der Waals surface area contributed by atoms with Gasteiger partial charge >= 0.3 is 0 Å². The zero-order chi connectivity index (χ0) is 13.2. The predicted octanol–water partition coefficient (Wildman–Crippen LogP) is 2.53. The summed E-state index contributed by atoms with van der Waals surface area (Å²) in [6.07, 6.45) is 3.59. The monoisotopic (exact) mass is 316 g/mol. The molecule has 3 N–H and O–H groups in total. The number of methoxy groups -OCH3 is 1. The Bertz CT molecular complexity index is 418. The third-order valence-corrected chi connectivity index (χ3v) is 4.37. The summed E-state index contributed by atoms with van der Waals surface area (Å²) in [6, 6.07) is 4.88. The number of benzene rings is 1. The van der Waals surface area contributed by atoms with Crippen LogP contribution in [0.2, 0.25) is 0 Å². The molecule has 1 aromatic carbocycles. The Morgan fingerprint density at radius 1 is 1.56 bits per heavy atom. The number of halogens is 2. The Morgan fingerprint density at radius 3 is 2.78 bits per heavy atom. The van der Waals surface area contributed by atoms with Crippen LogP contribution in [0, 0.1) is 5.82 Å². The third kappa shape index (κ3) is 2.59. The van der Waals surface area contributed by atoms with E-state index < -0.39 is 0 Å². The number of hydrogen-bond donors (Lipinski definition) is 2. The van der Waals surface area contributed by atoms with Gasteiger partial charge in [-0.3, -0.25) is 11.3 Å². The van der Waals surface area contributed by atoms with Crippen LogP contribution in [-0.2, 0) is 11.2 Å². The maximum absolute atomic E-state index is 13.8. The standard InChI is InChI=1S/C13H18BrFN2O/c1-18-13(5-2-6-13)12(17-16)8-9-7-10(14)3-4-11(9)15/h3-4,7,12,17H,2,5-6,8,16H2,1H3. The number of hydrogen-bond acceptors (Lipinski definition) is 3. The lowest BCUT2D eigenvalue weighted by Gasteiger charge is -2.46. The van der Waals surface area contributed by atoms with E-state index in [2.05, 4.69) is 21.4 Å². The summed E-state index contributed by atoms with van der Waals surface area (Å²) in [5.41, 5.74) is 3.19. The minimum absolute atomic E-state index is 0.0694. The molecule has 0 heterocycles. The second-order valence-electron chi connectivity index (χ2n) is 4.78. The fraction of sp³-hybridized carbons (Fsp3) is 0.538. The van der Waals surface area contributed by atoms with Crippen molar-refractivity contribution in [3.05, 3.63) is 34.1 Å². The number of nitrogens with two attached hydrogens (primary N) is 1. The zero-order valence-corrected chi connectivity index (χ0v) is 12.0. The molecule has 0 radical (unpaired) electrons. The van der Waals surface area contributed by atoms with Crippen LogP contribution >= 0.6 is 15.9 Å². The molecule has 0 amide bonds. The van der Waals surface area contributed by atoms with E-state index in [4.69, 9.17) is 10.6 Å². The Morgan fingerprint density at radius 2 is 2.28 bits per heavy atom. The topological polar surface area (TPSA) is 47.3 Å². The molecule has 1 unspecified atom stereocenters. The second-order valence-corrected chi connectivity index (χ2v) is 5.70. The zero-order valence-electron chi connectivity index (χ0n) is 10.4. The van der Waals surface area contributed by atoms with Crippen molar-refractivity contribution in [1.29, 1.82) is 0 Å². The molecular formula is C13H18BrFN2O. The van der Waals surface area contributed by atoms with Gasteiger partial charge in [-0.25, -0.2) is 4.39 Å². The average molecular weight is 317 g/mol. The molecule has 1 saturated carbocycles. The number of rotatable bonds is 5. The summed E-state index contributed by atoms with van der Waals surface area (Å²) in [6.45, 7) is 0. The lowest BCUT2D eigenvalue weighted by atomic mass is 9.73. The second kappa shape index (κ2) is 5.65. The van der Waals surface area contributed by atoms with Gasteiger partial charge in [0, 0.05) is 11.6 Å². The molecule has 18 heavy (non-hydrogen) atoms. The van der Waals surface area contributed by atoms with E-state index in [9.17, 15) is 4.39 Å². The van der Waals surface area contributed by atoms with Gasteiger partial charge < -0.3 is 4.74 Å². The first kappa shape index (κ1) is 13.9. The third-order valence-electron chi connectivity index (χ3n) is 3.87. The van der Waals surface area contributed by atoms with E-state index in [0.29, 0.717) is 12.0 Å². The first-order valence-corrected chi connectivity index (χ1v) is 6.86. The smallest absolute Gasteiger partial charge is 0.126 e. The molecular weight excluding hydrogens is 299 g/mol. The minimum Gasteiger partial charge on any atom is -0.377 e. The normalized spacial score (nSPS) is 19.3. The average Bonchev–Trinajstić information content (AvgIpc) is 2.31. The molecule has 1 aliphatic rings. The molecule has 1 aromatic rings. The highest BCUT2D eigenvalue weighted by Crippen LogP contribution is 2.39. The molecule has 1 aliphatic carbocycles. The van der Waals surface area contributed by atoms with Crippen molar-refractivity contribution in [2.45, 2.75) is 37.3 Å². The molecule has 5 heteroatoms. The lowest BCUT2D eigenvalue weighted by molar-refractivity contribution is -0.0983. The molecule has 0 saturated heterocycles. The lowest BCUT2D eigenvalue weighted by Crippen LogP contribution is -2.59. The largest absolute Gasteiger partial charge is 0.377 e. The van der Waals surface area contributed by atoms with Gasteiger partial charge in [0.25, 0.3) is 0 Å². The molecule has 100 valence electrons. The van der Waals surface area contributed by atoms with Crippen molar-refractivity contribution in [3.8, 4) is 0 Å². The van der Waals surface area contributed by atoms with E-state index in [1.807, 2.05) is 0 Å². The Hall–Kier alpha value is -0.490. The fourth-order valence-corrected chi connectivity index (χ4v) is 2.95. The van der Waals surface area contributed by atoms with E-state index in [1.165, 1.54) is 6.07 Å². The number of ether oxygens (including phenoxy) is 1. The van der Waals surface area contributed by atoms with Crippen molar-refractivity contribution in [1.82, 2.24) is 5.43 Å². The maximum atomic E-state index is 13.8. The highest BCUT2D eigenvalue weighted by molar-refractivity contribution is 9.10. The van der Waals surface area contributed by atoms with Crippen LogP contribution in [0.1, 0.15) is 24.8 Å². The van der Waals surface area contributed by atoms with E-state index >= 15 is 0 Å². The van der Waals surface area contributed by atoms with Crippen LogP contribution in [-0.4, -0.2) is 18.8 Å². The van der Waals surface area contributed by atoms with Crippen LogP contribution < -0.4 is 11.3 Å². The molecule has 0 aliphatic heterocycles. The van der Waals surface area contributed by atoms with Gasteiger partial charge in [-0.2, -0.15) is 0 Å². The number of nitrogens with one attached hydrogen (secondary N) is 1. The van der Waals surface area contributed by atoms with Gasteiger partial charge in [-0.15, -0.1) is 0 Å². The van der Waals surface area contributed by atoms with Crippen LogP contribution in [0.25, 0.3) is 0 Å². The van der Waals surface area contributed by atoms with Crippen LogP contribution in [0.4, 0.5) is 4.39 Å². The van der Waals surface area contributed by atoms with Crippen molar-refractivity contribution >= 4 is 15.9 Å². The van der Waals surface area contributed by atoms with Gasteiger partial charge in [0.15, 0.2) is 0 Å². The molecule has 0 spiro atoms. The van der Waals surface area contributed by atoms with E-state index in [0.717, 1.165) is 23.7 Å². The summed E-state index contributed by atoms with van der Waals surface area (Å²) < 4.78 is 20.2. The molecule has 0 bridgehead atoms. The molecule has 1 fully saturated rings. The molecule has 0 aromatic heterocycles. The van der Waals surface area contributed by atoms with Crippen LogP contribution in [0.3, 0.4) is 0 Å². The van der Waals surface area contributed by atoms with E-state index in [1.54, 1.807) is 19.2 Å². The Balaban J connectivity index is 2.17. The van der Waals surface area contributed by atoms with Crippen LogP contribution in [0.5, 0.6) is 0 Å². The molecule has 2 rings (SSSR count). The van der Waals surface area contributed by atoms with Gasteiger partial charge in [-0.1, -0.05) is 15.9 Å². The summed E-state index contributed by atoms with van der Waals surface area (Å²) >= 11 is 3.36. The predicted molar refractivity (Wildman–Crippen MR) is 72.5 cm³/mol. The summed E-state index contributed by atoms with van der Waals surface area (Å²) in [5.74, 6) is 5.41. The Kier molecular flexibility index (Phi) is 4.37. The van der Waals surface area contributed by atoms with Crippen molar-refractivity contribution in [2.24, 2.45) is 5.84 Å². The summed E-state index contributed by atoms with van der Waals surface area (Å²) in [7, 11) is 1.70. The molecule has 1 atom stereocenters. The van der Waals surface area contributed by atoms with Crippen LogP contribution in [0.15, 0.2) is 22.7 Å². The first-order chi connectivity index (χ1) is 8.61. The van der Waals surface area contributed by atoms with Gasteiger partial charge in [0.2, 0.25) is 0 Å². The highest BCUT2D eigenvalue weighted by atomic mass is 79.9. The Labute approximate surface area is 115 Å². The van der Waals surface area contributed by atoms with Gasteiger partial charge in [0.05, 0.1) is 11.6 Å². The van der Waals surface area contributed by atoms with Crippen molar-refractivity contribution < 1.29 is 9.13 Å². The first-order valence-electron chi connectivity index (χ1n) is 6.06. The fourth-order valence-electron chi connectivity index (χ4n) is 2.54. The quantitative estimate of drug-likeness (QED) is 0.648.